The standard InChI is InChI=1S/C26H32FN3O5S.2ClH/c1-17(31)36-22-9-11-30(25(26(35)18-6-7-18)20-4-2-3-5-21(20)27)14-19(22)8-10-28-12-13-29(16-24(33)34)23(32)15-28;;/h2-5,8,18,22,25H,6-7,9-16H2,1H3,(H,33,34);2*1H/b19-8-;;. The summed E-state index contributed by atoms with van der Waals surface area (Å²) in [6.45, 7) is 3.75. The molecular formula is C26H34Cl2FN3O5S. The number of piperidine rings is 1. The molecule has 1 aromatic carbocycles. The summed E-state index contributed by atoms with van der Waals surface area (Å²) >= 11 is 1.27. The van der Waals surface area contributed by atoms with Crippen LogP contribution in [-0.2, 0) is 19.2 Å². The first-order chi connectivity index (χ1) is 17.2. The molecule has 1 aromatic rings. The first kappa shape index (κ1) is 32.2. The highest BCUT2D eigenvalue weighted by molar-refractivity contribution is 8.14. The van der Waals surface area contributed by atoms with Gasteiger partial charge in [0, 0.05) is 56.4 Å². The number of carbonyl (C=O) groups is 4. The van der Waals surface area contributed by atoms with Gasteiger partial charge in [-0.15, -0.1) is 24.8 Å². The lowest BCUT2D eigenvalue weighted by Gasteiger charge is -2.39. The van der Waals surface area contributed by atoms with Crippen molar-refractivity contribution in [1.82, 2.24) is 14.7 Å². The Hall–Kier alpha value is -1.98. The van der Waals surface area contributed by atoms with E-state index in [9.17, 15) is 23.6 Å². The van der Waals surface area contributed by atoms with Crippen molar-refractivity contribution >= 4 is 59.4 Å². The maximum atomic E-state index is 14.8. The number of aliphatic carboxylic acids is 1. The maximum absolute atomic E-state index is 14.8. The molecule has 2 unspecified atom stereocenters. The summed E-state index contributed by atoms with van der Waals surface area (Å²) in [5.74, 6) is -1.62. The fraction of sp³-hybridized carbons (Fsp3) is 0.538. The molecule has 3 aliphatic rings. The van der Waals surface area contributed by atoms with Gasteiger partial charge in [0.25, 0.3) is 0 Å². The van der Waals surface area contributed by atoms with Crippen LogP contribution in [0, 0.1) is 11.7 Å². The monoisotopic (exact) mass is 589 g/mol. The van der Waals surface area contributed by atoms with E-state index in [-0.39, 0.29) is 71.7 Å². The zero-order valence-corrected chi connectivity index (χ0v) is 23.7. The van der Waals surface area contributed by atoms with Crippen molar-refractivity contribution in [2.24, 2.45) is 5.92 Å². The van der Waals surface area contributed by atoms with Crippen molar-refractivity contribution in [3.05, 3.63) is 47.3 Å². The van der Waals surface area contributed by atoms with E-state index in [4.69, 9.17) is 5.11 Å². The highest BCUT2D eigenvalue weighted by Gasteiger charge is 2.41. The van der Waals surface area contributed by atoms with Crippen molar-refractivity contribution in [2.75, 3.05) is 45.8 Å². The third kappa shape index (κ3) is 8.26. The molecule has 0 aromatic heterocycles. The van der Waals surface area contributed by atoms with Gasteiger partial charge in [0.2, 0.25) is 5.91 Å². The number of benzene rings is 1. The van der Waals surface area contributed by atoms with Gasteiger partial charge in [-0.3, -0.25) is 29.0 Å². The highest BCUT2D eigenvalue weighted by Crippen LogP contribution is 2.40. The van der Waals surface area contributed by atoms with Crippen molar-refractivity contribution in [1.29, 1.82) is 0 Å². The van der Waals surface area contributed by atoms with Crippen LogP contribution in [0.5, 0.6) is 0 Å². The number of thioether (sulfide) groups is 1. The van der Waals surface area contributed by atoms with E-state index in [0.717, 1.165) is 18.4 Å². The quantitative estimate of drug-likeness (QED) is 0.438. The molecule has 12 heteroatoms. The molecule has 3 fully saturated rings. The molecule has 2 aliphatic heterocycles. The van der Waals surface area contributed by atoms with Crippen LogP contribution in [0.2, 0.25) is 0 Å². The zero-order valence-electron chi connectivity index (χ0n) is 21.2. The van der Waals surface area contributed by atoms with E-state index in [0.29, 0.717) is 44.7 Å². The van der Waals surface area contributed by atoms with E-state index in [2.05, 4.69) is 0 Å². The topological polar surface area (TPSA) is 98.2 Å². The Kier molecular flexibility index (Phi) is 12.2. The van der Waals surface area contributed by atoms with E-state index in [1.165, 1.54) is 29.7 Å². The number of likely N-dealkylation sites (tertiary alicyclic amines) is 1. The fourth-order valence-electron chi connectivity index (χ4n) is 4.94. The molecule has 2 heterocycles. The molecule has 8 nitrogen and oxygen atoms in total. The van der Waals surface area contributed by atoms with Crippen LogP contribution >= 0.6 is 36.6 Å². The Labute approximate surface area is 238 Å². The largest absolute Gasteiger partial charge is 0.480 e. The average molecular weight is 591 g/mol. The second-order valence-corrected chi connectivity index (χ2v) is 11.1. The SMILES string of the molecule is CC(=O)SC1CCN(C(C(=O)C2CC2)c2ccccc2F)C/C1=C/CN1CCN(CC(=O)O)C(=O)C1.Cl.Cl. The highest BCUT2D eigenvalue weighted by atomic mass is 35.5. The average Bonchev–Trinajstić information content (AvgIpc) is 3.67. The predicted molar refractivity (Wildman–Crippen MR) is 148 cm³/mol. The van der Waals surface area contributed by atoms with E-state index >= 15 is 0 Å². The molecule has 4 rings (SSSR count). The van der Waals surface area contributed by atoms with Crippen molar-refractivity contribution in [3.8, 4) is 0 Å². The lowest BCUT2D eigenvalue weighted by molar-refractivity contribution is -0.146. The summed E-state index contributed by atoms with van der Waals surface area (Å²) < 4.78 is 14.8. The summed E-state index contributed by atoms with van der Waals surface area (Å²) in [7, 11) is 0. The number of amides is 1. The Bertz CT molecular complexity index is 1070. The molecular weight excluding hydrogens is 556 g/mol. The van der Waals surface area contributed by atoms with E-state index in [1.807, 2.05) is 15.9 Å². The lowest BCUT2D eigenvalue weighted by Crippen LogP contribution is -2.51. The van der Waals surface area contributed by atoms with Gasteiger partial charge >= 0.3 is 5.97 Å². The van der Waals surface area contributed by atoms with Crippen LogP contribution in [0.15, 0.2) is 35.9 Å². The fourth-order valence-corrected chi connectivity index (χ4v) is 5.89. The second kappa shape index (κ2) is 14.4. The number of Topliss-reactive ketones (excluding diaryl/α,β-unsaturated/α-hetero) is 1. The minimum Gasteiger partial charge on any atom is -0.480 e. The van der Waals surface area contributed by atoms with Crippen LogP contribution in [0.3, 0.4) is 0 Å². The third-order valence-electron chi connectivity index (χ3n) is 6.94. The number of carboxylic acids is 1. The molecule has 0 radical (unpaired) electrons. The number of carbonyl (C=O) groups excluding carboxylic acids is 3. The molecule has 2 atom stereocenters. The van der Waals surface area contributed by atoms with Crippen LogP contribution in [0.4, 0.5) is 4.39 Å². The molecule has 0 spiro atoms. The van der Waals surface area contributed by atoms with Gasteiger partial charge in [0.1, 0.15) is 12.4 Å². The molecule has 210 valence electrons. The van der Waals surface area contributed by atoms with Crippen LogP contribution in [0.1, 0.15) is 37.8 Å². The molecule has 1 amide bonds. The van der Waals surface area contributed by atoms with Gasteiger partial charge < -0.3 is 10.0 Å². The first-order valence-corrected chi connectivity index (χ1v) is 13.2. The smallest absolute Gasteiger partial charge is 0.323 e. The summed E-state index contributed by atoms with van der Waals surface area (Å²) in [5.41, 5.74) is 1.39. The number of carboxylic acid groups (broad SMARTS) is 1. The van der Waals surface area contributed by atoms with Crippen LogP contribution < -0.4 is 0 Å². The van der Waals surface area contributed by atoms with Crippen LogP contribution in [-0.4, -0.2) is 93.6 Å². The lowest BCUT2D eigenvalue weighted by atomic mass is 9.93. The predicted octanol–water partition coefficient (Wildman–Crippen LogP) is 3.20. The summed E-state index contributed by atoms with van der Waals surface area (Å²) in [6.07, 6.45) is 4.35. The number of halogens is 3. The van der Waals surface area contributed by atoms with Crippen molar-refractivity contribution in [3.63, 3.8) is 0 Å². The molecule has 1 N–H and O–H groups in total. The summed E-state index contributed by atoms with van der Waals surface area (Å²) in [5, 5.41) is 8.94. The molecule has 1 saturated carbocycles. The number of piperazine rings is 1. The number of hydrogen-bond acceptors (Lipinski definition) is 7. The molecule has 0 bridgehead atoms. The molecule has 1 aliphatic carbocycles. The van der Waals surface area contributed by atoms with Gasteiger partial charge in [0.15, 0.2) is 10.9 Å². The Morgan fingerprint density at radius 2 is 1.82 bits per heavy atom. The van der Waals surface area contributed by atoms with Crippen molar-refractivity contribution < 1.29 is 28.7 Å². The van der Waals surface area contributed by atoms with Gasteiger partial charge in [0.05, 0.1) is 12.6 Å². The number of nitrogens with zero attached hydrogens (tertiary/aromatic N) is 3. The summed E-state index contributed by atoms with van der Waals surface area (Å²) in [6, 6.07) is 5.78. The zero-order chi connectivity index (χ0) is 25.8. The second-order valence-electron chi connectivity index (χ2n) is 9.68. The third-order valence-corrected chi connectivity index (χ3v) is 8.09. The number of rotatable bonds is 9. The molecule has 38 heavy (non-hydrogen) atoms. The number of hydrogen-bond donors (Lipinski definition) is 1. The van der Waals surface area contributed by atoms with Gasteiger partial charge in [-0.1, -0.05) is 36.0 Å². The molecule has 2 saturated heterocycles. The van der Waals surface area contributed by atoms with Gasteiger partial charge in [-0.05, 0) is 30.9 Å². The van der Waals surface area contributed by atoms with Crippen LogP contribution in [0.25, 0.3) is 0 Å². The Morgan fingerprint density at radius 3 is 2.42 bits per heavy atom. The number of ketones is 1. The maximum Gasteiger partial charge on any atom is 0.323 e. The minimum absolute atomic E-state index is 0. The first-order valence-electron chi connectivity index (χ1n) is 12.3. The summed E-state index contributed by atoms with van der Waals surface area (Å²) in [4.78, 5) is 53.8. The van der Waals surface area contributed by atoms with E-state index in [1.54, 1.807) is 18.2 Å². The van der Waals surface area contributed by atoms with E-state index < -0.39 is 12.0 Å². The normalized spacial score (nSPS) is 22.4. The Balaban J connectivity index is 0.00000253. The van der Waals surface area contributed by atoms with Gasteiger partial charge in [-0.25, -0.2) is 4.39 Å². The minimum atomic E-state index is -1.03. The Morgan fingerprint density at radius 1 is 1.11 bits per heavy atom. The van der Waals surface area contributed by atoms with Gasteiger partial charge in [-0.2, -0.15) is 0 Å². The van der Waals surface area contributed by atoms with Crippen molar-refractivity contribution in [2.45, 2.75) is 37.5 Å².